The quantitative estimate of drug-likeness (QED) is 0.235. The molecule has 4 aromatic rings. The minimum atomic E-state index is -4.27. The third-order valence-electron chi connectivity index (χ3n) is 4.84. The van der Waals surface area contributed by atoms with Crippen LogP contribution in [0, 0.1) is 0 Å². The zero-order valence-electron chi connectivity index (χ0n) is 18.7. The van der Waals surface area contributed by atoms with Gasteiger partial charge in [0.2, 0.25) is 0 Å². The second kappa shape index (κ2) is 11.0. The van der Waals surface area contributed by atoms with Gasteiger partial charge < -0.3 is 0 Å². The van der Waals surface area contributed by atoms with Crippen LogP contribution in [0.3, 0.4) is 0 Å². The molecule has 0 aromatic heterocycles. The molecular formula is C26H20N2O6S2. The summed E-state index contributed by atoms with van der Waals surface area (Å²) in [4.78, 5) is -0.190. The van der Waals surface area contributed by atoms with Crippen LogP contribution in [0.5, 0.6) is 0 Å². The molecule has 36 heavy (non-hydrogen) atoms. The Morgan fingerprint density at radius 2 is 0.722 bits per heavy atom. The third-order valence-corrected chi connectivity index (χ3v) is 7.08. The van der Waals surface area contributed by atoms with Crippen molar-refractivity contribution in [2.75, 3.05) is 0 Å². The number of hydrogen-bond acceptors (Lipinski definition) is 8. The molecule has 0 unspecified atom stereocenters. The molecule has 0 radical (unpaired) electrons. The lowest BCUT2D eigenvalue weighted by Gasteiger charge is -2.11. The summed E-state index contributed by atoms with van der Waals surface area (Å²) >= 11 is 0. The predicted octanol–water partition coefficient (Wildman–Crippen LogP) is 4.61. The van der Waals surface area contributed by atoms with Crippen LogP contribution in [-0.4, -0.2) is 28.3 Å². The standard InChI is InChI=1S/C26H20N2O6S2/c29-35(30,23-17-9-3-10-18-23)33-27-25(21-13-5-1-6-14-21)26(22-15-7-2-8-16-22)28-34-36(31,32)24-19-11-4-12-20-24/h1-20H. The number of oxime groups is 2. The van der Waals surface area contributed by atoms with Crippen molar-refractivity contribution in [3.05, 3.63) is 132 Å². The zero-order chi connectivity index (χ0) is 25.4. The van der Waals surface area contributed by atoms with Crippen molar-refractivity contribution in [3.8, 4) is 0 Å². The third kappa shape index (κ3) is 6.04. The SMILES string of the molecule is O=S(=O)(ON=C(C(=NOS(=O)(=O)c1ccccc1)c1ccccc1)c1ccccc1)c1ccccc1. The maximum atomic E-state index is 12.7. The van der Waals surface area contributed by atoms with Crippen LogP contribution < -0.4 is 0 Å². The lowest BCUT2D eigenvalue weighted by Crippen LogP contribution is -2.20. The van der Waals surface area contributed by atoms with Gasteiger partial charge in [-0.2, -0.15) is 16.8 Å². The van der Waals surface area contributed by atoms with Crippen molar-refractivity contribution in [2.45, 2.75) is 9.79 Å². The molecule has 0 atom stereocenters. The summed E-state index contributed by atoms with van der Waals surface area (Å²) in [7, 11) is -8.53. The molecular weight excluding hydrogens is 500 g/mol. The Morgan fingerprint density at radius 1 is 0.444 bits per heavy atom. The summed E-state index contributed by atoms with van der Waals surface area (Å²) in [6.45, 7) is 0. The van der Waals surface area contributed by atoms with E-state index < -0.39 is 20.2 Å². The molecule has 0 amide bonds. The second-order valence-electron chi connectivity index (χ2n) is 7.30. The van der Waals surface area contributed by atoms with E-state index in [9.17, 15) is 16.8 Å². The number of benzene rings is 4. The van der Waals surface area contributed by atoms with Crippen LogP contribution in [0.2, 0.25) is 0 Å². The topological polar surface area (TPSA) is 111 Å². The molecule has 4 rings (SSSR count). The fraction of sp³-hybridized carbons (Fsp3) is 0. The summed E-state index contributed by atoms with van der Waals surface area (Å²) in [5, 5.41) is 7.83. The molecule has 0 N–H and O–H groups in total. The van der Waals surface area contributed by atoms with Gasteiger partial charge in [-0.05, 0) is 24.3 Å². The summed E-state index contributed by atoms with van der Waals surface area (Å²) in [5.74, 6) is 0. The zero-order valence-corrected chi connectivity index (χ0v) is 20.3. The van der Waals surface area contributed by atoms with Gasteiger partial charge in [-0.1, -0.05) is 107 Å². The fourth-order valence-electron chi connectivity index (χ4n) is 3.09. The average molecular weight is 521 g/mol. The van der Waals surface area contributed by atoms with Gasteiger partial charge in [0.25, 0.3) is 0 Å². The van der Waals surface area contributed by atoms with Crippen molar-refractivity contribution in [1.82, 2.24) is 0 Å². The highest BCUT2D eigenvalue weighted by Gasteiger charge is 2.22. The molecule has 0 bridgehead atoms. The van der Waals surface area contributed by atoms with E-state index in [1.165, 1.54) is 24.3 Å². The van der Waals surface area contributed by atoms with Crippen LogP contribution >= 0.6 is 0 Å². The predicted molar refractivity (Wildman–Crippen MR) is 135 cm³/mol. The highest BCUT2D eigenvalue weighted by atomic mass is 32.2. The van der Waals surface area contributed by atoms with Crippen LogP contribution in [0.1, 0.15) is 11.1 Å². The van der Waals surface area contributed by atoms with Crippen molar-refractivity contribution in [2.24, 2.45) is 10.3 Å². The molecule has 182 valence electrons. The molecule has 0 spiro atoms. The van der Waals surface area contributed by atoms with Gasteiger partial charge in [0.05, 0.1) is 0 Å². The van der Waals surface area contributed by atoms with E-state index in [1.54, 1.807) is 97.1 Å². The maximum absolute atomic E-state index is 12.7. The molecule has 8 nitrogen and oxygen atoms in total. The van der Waals surface area contributed by atoms with E-state index in [2.05, 4.69) is 10.3 Å². The Labute approximate surface area is 209 Å². The van der Waals surface area contributed by atoms with E-state index in [1.807, 2.05) is 0 Å². The van der Waals surface area contributed by atoms with Gasteiger partial charge in [-0.3, -0.25) is 8.57 Å². The maximum Gasteiger partial charge on any atom is 0.358 e. The van der Waals surface area contributed by atoms with Crippen molar-refractivity contribution < 1.29 is 25.4 Å². The molecule has 0 fully saturated rings. The normalized spacial score (nSPS) is 12.7. The first-order valence-corrected chi connectivity index (χ1v) is 13.4. The van der Waals surface area contributed by atoms with Crippen LogP contribution in [-0.2, 0) is 28.8 Å². The molecule has 10 heteroatoms. The van der Waals surface area contributed by atoms with Gasteiger partial charge in [-0.25, -0.2) is 0 Å². The summed E-state index contributed by atoms with van der Waals surface area (Å²) in [6.07, 6.45) is 0. The van der Waals surface area contributed by atoms with E-state index >= 15 is 0 Å². The Kier molecular flexibility index (Phi) is 7.57. The molecule has 0 saturated heterocycles. The number of rotatable bonds is 9. The molecule has 0 aliphatic rings. The first-order valence-electron chi connectivity index (χ1n) is 10.6. The van der Waals surface area contributed by atoms with Crippen LogP contribution in [0.15, 0.2) is 141 Å². The Morgan fingerprint density at radius 3 is 1.03 bits per heavy atom. The van der Waals surface area contributed by atoms with E-state index in [4.69, 9.17) is 8.57 Å². The minimum absolute atomic E-state index is 0.0513. The largest absolute Gasteiger partial charge is 0.358 e. The number of hydrogen-bond donors (Lipinski definition) is 0. The van der Waals surface area contributed by atoms with E-state index in [0.29, 0.717) is 11.1 Å². The Hall–Kier alpha value is -4.28. The van der Waals surface area contributed by atoms with E-state index in [-0.39, 0.29) is 21.2 Å². The minimum Gasteiger partial charge on any atom is -0.264 e. The second-order valence-corrected chi connectivity index (χ2v) is 10.4. The van der Waals surface area contributed by atoms with Gasteiger partial charge >= 0.3 is 20.2 Å². The highest BCUT2D eigenvalue weighted by molar-refractivity contribution is 7.87. The Bertz CT molecular complexity index is 1450. The first kappa shape index (κ1) is 24.8. The van der Waals surface area contributed by atoms with Gasteiger partial charge in [0, 0.05) is 11.1 Å². The molecule has 0 heterocycles. The first-order chi connectivity index (χ1) is 17.4. The molecule has 0 saturated carbocycles. The van der Waals surface area contributed by atoms with Crippen LogP contribution in [0.25, 0.3) is 0 Å². The molecule has 0 aliphatic carbocycles. The molecule has 4 aromatic carbocycles. The van der Waals surface area contributed by atoms with Gasteiger partial charge in [-0.15, -0.1) is 0 Å². The summed E-state index contributed by atoms with van der Waals surface area (Å²) < 4.78 is 61.0. The molecule has 0 aliphatic heterocycles. The lowest BCUT2D eigenvalue weighted by molar-refractivity contribution is 0.334. The summed E-state index contributed by atoms with van der Waals surface area (Å²) in [6, 6.07) is 32.0. The van der Waals surface area contributed by atoms with Crippen molar-refractivity contribution in [1.29, 1.82) is 0 Å². The van der Waals surface area contributed by atoms with Crippen molar-refractivity contribution in [3.63, 3.8) is 0 Å². The van der Waals surface area contributed by atoms with Gasteiger partial charge in [0.15, 0.2) is 0 Å². The monoisotopic (exact) mass is 520 g/mol. The smallest absolute Gasteiger partial charge is 0.264 e. The summed E-state index contributed by atoms with van der Waals surface area (Å²) in [5.41, 5.74) is 0.738. The fourth-order valence-corrected chi connectivity index (χ4v) is 4.59. The van der Waals surface area contributed by atoms with Gasteiger partial charge in [0.1, 0.15) is 21.2 Å². The van der Waals surface area contributed by atoms with Crippen LogP contribution in [0.4, 0.5) is 0 Å². The van der Waals surface area contributed by atoms with Crippen molar-refractivity contribution >= 4 is 31.7 Å². The Balaban J connectivity index is 1.82. The van der Waals surface area contributed by atoms with E-state index in [0.717, 1.165) is 0 Å². The number of nitrogens with zero attached hydrogens (tertiary/aromatic N) is 2. The lowest BCUT2D eigenvalue weighted by atomic mass is 10.0. The average Bonchev–Trinajstić information content (AvgIpc) is 2.92. The highest BCUT2D eigenvalue weighted by Crippen LogP contribution is 2.17.